The Balaban J connectivity index is 0. The van der Waals surface area contributed by atoms with Gasteiger partial charge in [0.1, 0.15) is 0 Å². The van der Waals surface area contributed by atoms with Crippen molar-refractivity contribution >= 4 is 46.6 Å². The molecule has 0 aliphatic carbocycles. The summed E-state index contributed by atoms with van der Waals surface area (Å²) in [4.78, 5) is 10.1. The van der Waals surface area contributed by atoms with Gasteiger partial charge in [-0.15, -0.1) is 0 Å². The fraction of sp³-hybridized carbons (Fsp3) is 0.833. The van der Waals surface area contributed by atoms with Crippen molar-refractivity contribution in [1.29, 1.82) is 0 Å². The molecule has 0 heterocycles. The molecule has 0 aromatic rings. The van der Waals surface area contributed by atoms with Crippen molar-refractivity contribution in [3.63, 3.8) is 0 Å². The zero-order valence-corrected chi connectivity index (χ0v) is 6.57. The molecule has 0 unspecified atom stereocenters. The molecular weight excluding hydrogens is 159 g/mol. The van der Waals surface area contributed by atoms with Crippen LogP contribution in [0.15, 0.2) is 0 Å². The Hall–Kier alpha value is 0.820. The van der Waals surface area contributed by atoms with E-state index >= 15 is 0 Å². The summed E-state index contributed by atoms with van der Waals surface area (Å²) in [6.45, 7) is 4.01. The zero-order chi connectivity index (χ0) is 7.28. The molecule has 0 radical (unpaired) electrons. The zero-order valence-electron chi connectivity index (χ0n) is 5.76. The van der Waals surface area contributed by atoms with Gasteiger partial charge in [-0.3, -0.25) is 0 Å². The van der Waals surface area contributed by atoms with Crippen LogP contribution >= 0.6 is 11.8 Å². The van der Waals surface area contributed by atoms with E-state index in [0.717, 1.165) is 24.6 Å². The van der Waals surface area contributed by atoms with Crippen LogP contribution in [0.5, 0.6) is 0 Å². The standard InChI is InChI=1S/C6H12O2S.Na.H/c1-3-5(4-2)9-6(7)8;;/h5H,3-4H2,1-2H3,(H,7,8);;. The molecular formula is C6H13NaO2S. The Morgan fingerprint density at radius 3 is 2.00 bits per heavy atom. The monoisotopic (exact) mass is 172 g/mol. The number of carbonyl (C=O) groups is 1. The van der Waals surface area contributed by atoms with Gasteiger partial charge in [0.2, 0.25) is 0 Å². The van der Waals surface area contributed by atoms with Gasteiger partial charge in [0, 0.05) is 5.25 Å². The summed E-state index contributed by atoms with van der Waals surface area (Å²) >= 11 is 1.02. The van der Waals surface area contributed by atoms with Gasteiger partial charge in [0.25, 0.3) is 0 Å². The third-order valence-electron chi connectivity index (χ3n) is 1.18. The van der Waals surface area contributed by atoms with Crippen molar-refractivity contribution in [2.24, 2.45) is 0 Å². The van der Waals surface area contributed by atoms with E-state index < -0.39 is 5.30 Å². The quantitative estimate of drug-likeness (QED) is 0.661. The van der Waals surface area contributed by atoms with Gasteiger partial charge in [-0.25, -0.2) is 4.79 Å². The SMILES string of the molecule is CCC(CC)SC(=O)O.[NaH]. The van der Waals surface area contributed by atoms with Crippen LogP contribution in [0, 0.1) is 0 Å². The number of carboxylic acid groups (broad SMARTS) is 1. The van der Waals surface area contributed by atoms with Crippen LogP contribution in [0.25, 0.3) is 0 Å². The fourth-order valence-electron chi connectivity index (χ4n) is 0.598. The molecule has 0 amide bonds. The van der Waals surface area contributed by atoms with Crippen molar-refractivity contribution in [3.05, 3.63) is 0 Å². The molecule has 0 spiro atoms. The van der Waals surface area contributed by atoms with Crippen LogP contribution in [0.3, 0.4) is 0 Å². The molecule has 56 valence electrons. The first-order valence-electron chi connectivity index (χ1n) is 3.10. The number of hydrogen-bond donors (Lipinski definition) is 1. The molecule has 4 heteroatoms. The topological polar surface area (TPSA) is 37.3 Å². The molecule has 0 aliphatic heterocycles. The van der Waals surface area contributed by atoms with E-state index in [4.69, 9.17) is 5.11 Å². The summed E-state index contributed by atoms with van der Waals surface area (Å²) in [6.07, 6.45) is 1.88. The minimum atomic E-state index is -0.760. The van der Waals surface area contributed by atoms with E-state index in [9.17, 15) is 4.79 Å². The first kappa shape index (κ1) is 13.4. The molecule has 2 nitrogen and oxygen atoms in total. The van der Waals surface area contributed by atoms with Crippen molar-refractivity contribution in [3.8, 4) is 0 Å². The van der Waals surface area contributed by atoms with Crippen LogP contribution in [-0.4, -0.2) is 45.2 Å². The van der Waals surface area contributed by atoms with E-state index in [2.05, 4.69) is 0 Å². The second-order valence-electron chi connectivity index (χ2n) is 1.82. The number of thioether (sulfide) groups is 1. The van der Waals surface area contributed by atoms with Crippen molar-refractivity contribution in [2.45, 2.75) is 31.9 Å². The maximum absolute atomic E-state index is 10.1. The Labute approximate surface area is 88.1 Å². The van der Waals surface area contributed by atoms with Gasteiger partial charge < -0.3 is 5.11 Å². The second kappa shape index (κ2) is 7.92. The van der Waals surface area contributed by atoms with E-state index in [0.29, 0.717) is 5.25 Å². The van der Waals surface area contributed by atoms with E-state index in [-0.39, 0.29) is 29.6 Å². The number of rotatable bonds is 3. The minimum absolute atomic E-state index is 0. The first-order valence-corrected chi connectivity index (χ1v) is 3.98. The third-order valence-corrected chi connectivity index (χ3v) is 2.38. The summed E-state index contributed by atoms with van der Waals surface area (Å²) < 4.78 is 0. The van der Waals surface area contributed by atoms with E-state index in [1.54, 1.807) is 0 Å². The molecule has 0 bridgehead atoms. The fourth-order valence-corrected chi connectivity index (χ4v) is 1.22. The summed E-state index contributed by atoms with van der Waals surface area (Å²) in [5.41, 5.74) is 0. The molecule has 0 aliphatic rings. The average molecular weight is 172 g/mol. The van der Waals surface area contributed by atoms with Gasteiger partial charge in [-0.05, 0) is 24.6 Å². The molecule has 0 aromatic heterocycles. The van der Waals surface area contributed by atoms with Gasteiger partial charge in [-0.1, -0.05) is 13.8 Å². The maximum atomic E-state index is 10.1. The predicted octanol–water partition coefficient (Wildman–Crippen LogP) is 1.94. The van der Waals surface area contributed by atoms with Crippen LogP contribution in [-0.2, 0) is 0 Å². The van der Waals surface area contributed by atoms with Crippen LogP contribution in [0.1, 0.15) is 26.7 Å². The Bertz CT molecular complexity index is 93.7. The summed E-state index contributed by atoms with van der Waals surface area (Å²) in [5, 5.41) is 7.84. The van der Waals surface area contributed by atoms with Crippen molar-refractivity contribution < 1.29 is 9.90 Å². The van der Waals surface area contributed by atoms with Gasteiger partial charge in [-0.2, -0.15) is 0 Å². The first-order chi connectivity index (χ1) is 4.20. The van der Waals surface area contributed by atoms with Gasteiger partial charge >= 0.3 is 34.9 Å². The molecule has 1 N–H and O–H groups in total. The Morgan fingerprint density at radius 1 is 1.50 bits per heavy atom. The normalized spacial score (nSPS) is 9.10. The molecule has 0 atom stereocenters. The van der Waals surface area contributed by atoms with Crippen molar-refractivity contribution in [1.82, 2.24) is 0 Å². The molecule has 0 saturated heterocycles. The van der Waals surface area contributed by atoms with Crippen LogP contribution in [0.2, 0.25) is 0 Å². The Kier molecular flexibility index (Phi) is 10.6. The molecule has 0 saturated carbocycles. The molecule has 0 rings (SSSR count). The molecule has 10 heavy (non-hydrogen) atoms. The summed E-state index contributed by atoms with van der Waals surface area (Å²) in [5.74, 6) is 0. The summed E-state index contributed by atoms with van der Waals surface area (Å²) in [7, 11) is 0. The van der Waals surface area contributed by atoms with Gasteiger partial charge in [0.15, 0.2) is 0 Å². The van der Waals surface area contributed by atoms with Gasteiger partial charge in [0.05, 0.1) is 0 Å². The number of hydrogen-bond acceptors (Lipinski definition) is 2. The molecule has 0 aromatic carbocycles. The second-order valence-corrected chi connectivity index (χ2v) is 3.07. The van der Waals surface area contributed by atoms with E-state index in [1.165, 1.54) is 0 Å². The molecule has 0 fully saturated rings. The van der Waals surface area contributed by atoms with Crippen molar-refractivity contribution in [2.75, 3.05) is 0 Å². The van der Waals surface area contributed by atoms with Crippen LogP contribution < -0.4 is 0 Å². The van der Waals surface area contributed by atoms with E-state index in [1.807, 2.05) is 13.8 Å². The average Bonchev–Trinajstić information content (AvgIpc) is 1.82. The Morgan fingerprint density at radius 2 is 1.90 bits per heavy atom. The predicted molar refractivity (Wildman–Crippen MR) is 47.1 cm³/mol. The third kappa shape index (κ3) is 6.93. The van der Waals surface area contributed by atoms with Crippen LogP contribution in [0.4, 0.5) is 4.79 Å². The summed E-state index contributed by atoms with van der Waals surface area (Å²) in [6, 6.07) is 0.